The Bertz CT molecular complexity index is 635. The van der Waals surface area contributed by atoms with Gasteiger partial charge in [0.1, 0.15) is 0 Å². The molecule has 2 rings (SSSR count). The molecule has 1 aromatic carbocycles. The van der Waals surface area contributed by atoms with Gasteiger partial charge >= 0.3 is 0 Å². The molecule has 0 spiro atoms. The Kier molecular flexibility index (Phi) is 3.81. The molecular formula is C13H7Cl2FN2. The van der Waals surface area contributed by atoms with E-state index in [2.05, 4.69) is 4.98 Å². The summed E-state index contributed by atoms with van der Waals surface area (Å²) in [5.41, 5.74) is 1.21. The van der Waals surface area contributed by atoms with Crippen LogP contribution in [-0.2, 0) is 6.42 Å². The van der Waals surface area contributed by atoms with E-state index in [0.29, 0.717) is 26.9 Å². The van der Waals surface area contributed by atoms with Crippen LogP contribution in [0.4, 0.5) is 4.39 Å². The minimum Gasteiger partial charge on any atom is -0.223 e. The highest BCUT2D eigenvalue weighted by atomic mass is 35.5. The van der Waals surface area contributed by atoms with Gasteiger partial charge in [-0.15, -0.1) is 0 Å². The molecule has 0 atom stereocenters. The number of rotatable bonds is 2. The largest absolute Gasteiger partial charge is 0.223 e. The normalized spacial score (nSPS) is 10.1. The number of hydrogen-bond acceptors (Lipinski definition) is 2. The zero-order valence-electron chi connectivity index (χ0n) is 9.12. The SMILES string of the molecule is N#CCc1ccc(-c2ccc(Cl)cc2Cl)c(F)n1. The number of pyridine rings is 1. The molecule has 0 amide bonds. The van der Waals surface area contributed by atoms with Crippen LogP contribution in [-0.4, -0.2) is 4.98 Å². The standard InChI is InChI=1S/C13H7Cl2FN2/c14-8-1-3-10(12(15)7-8)11-4-2-9(5-6-17)18-13(11)16/h1-4,7H,5H2. The third-order valence-electron chi connectivity index (χ3n) is 2.39. The predicted molar refractivity (Wildman–Crippen MR) is 69.0 cm³/mol. The second-order valence-electron chi connectivity index (χ2n) is 3.60. The fraction of sp³-hybridized carbons (Fsp3) is 0.0769. The molecule has 5 heteroatoms. The van der Waals surface area contributed by atoms with Gasteiger partial charge in [-0.05, 0) is 24.3 Å². The van der Waals surface area contributed by atoms with Gasteiger partial charge in [0.15, 0.2) is 0 Å². The van der Waals surface area contributed by atoms with Crippen molar-refractivity contribution in [1.29, 1.82) is 5.26 Å². The lowest BCUT2D eigenvalue weighted by molar-refractivity contribution is 0.582. The third kappa shape index (κ3) is 2.61. The van der Waals surface area contributed by atoms with Crippen LogP contribution in [0.3, 0.4) is 0 Å². The van der Waals surface area contributed by atoms with Crippen LogP contribution in [0.25, 0.3) is 11.1 Å². The summed E-state index contributed by atoms with van der Waals surface area (Å²) in [7, 11) is 0. The van der Waals surface area contributed by atoms with Crippen LogP contribution in [0.2, 0.25) is 10.0 Å². The maximum absolute atomic E-state index is 13.8. The lowest BCUT2D eigenvalue weighted by Gasteiger charge is -2.06. The number of benzene rings is 1. The van der Waals surface area contributed by atoms with E-state index in [-0.39, 0.29) is 6.42 Å². The van der Waals surface area contributed by atoms with Crippen LogP contribution in [0.5, 0.6) is 0 Å². The van der Waals surface area contributed by atoms with Gasteiger partial charge in [-0.1, -0.05) is 29.3 Å². The molecule has 0 aliphatic carbocycles. The molecule has 0 saturated heterocycles. The fourth-order valence-corrected chi connectivity index (χ4v) is 2.07. The average molecular weight is 281 g/mol. The van der Waals surface area contributed by atoms with Crippen LogP contribution in [0.15, 0.2) is 30.3 Å². The summed E-state index contributed by atoms with van der Waals surface area (Å²) in [4.78, 5) is 3.72. The van der Waals surface area contributed by atoms with E-state index < -0.39 is 5.95 Å². The summed E-state index contributed by atoms with van der Waals surface area (Å²) < 4.78 is 13.8. The molecule has 0 N–H and O–H groups in total. The van der Waals surface area contributed by atoms with E-state index in [4.69, 9.17) is 28.5 Å². The van der Waals surface area contributed by atoms with Gasteiger partial charge in [-0.2, -0.15) is 9.65 Å². The molecule has 0 aliphatic heterocycles. The van der Waals surface area contributed by atoms with E-state index in [0.717, 1.165) is 0 Å². The van der Waals surface area contributed by atoms with Gasteiger partial charge < -0.3 is 0 Å². The third-order valence-corrected chi connectivity index (χ3v) is 2.94. The van der Waals surface area contributed by atoms with Crippen molar-refractivity contribution in [3.63, 3.8) is 0 Å². The molecule has 0 aliphatic rings. The minimum atomic E-state index is -0.646. The van der Waals surface area contributed by atoms with Gasteiger partial charge in [0.25, 0.3) is 0 Å². The Hall–Kier alpha value is -1.63. The molecule has 2 nitrogen and oxygen atoms in total. The highest BCUT2D eigenvalue weighted by molar-refractivity contribution is 6.36. The van der Waals surface area contributed by atoms with Crippen molar-refractivity contribution >= 4 is 23.2 Å². The molecule has 0 radical (unpaired) electrons. The predicted octanol–water partition coefficient (Wildman–Crippen LogP) is 4.26. The molecule has 1 heterocycles. The molecule has 0 fully saturated rings. The fourth-order valence-electron chi connectivity index (χ4n) is 1.56. The summed E-state index contributed by atoms with van der Waals surface area (Å²) in [5.74, 6) is -0.646. The quantitative estimate of drug-likeness (QED) is 0.771. The Morgan fingerprint density at radius 2 is 1.89 bits per heavy atom. The van der Waals surface area contributed by atoms with Crippen molar-refractivity contribution in [2.45, 2.75) is 6.42 Å². The van der Waals surface area contributed by atoms with Crippen molar-refractivity contribution in [3.8, 4) is 17.2 Å². The Labute approximate surface area is 114 Å². The highest BCUT2D eigenvalue weighted by Gasteiger charge is 2.11. The average Bonchev–Trinajstić information content (AvgIpc) is 2.31. The summed E-state index contributed by atoms with van der Waals surface area (Å²) in [5, 5.41) is 9.37. The summed E-state index contributed by atoms with van der Waals surface area (Å²) in [6, 6.07) is 9.89. The van der Waals surface area contributed by atoms with Gasteiger partial charge in [0.05, 0.1) is 23.2 Å². The van der Waals surface area contributed by atoms with Crippen molar-refractivity contribution < 1.29 is 4.39 Å². The number of nitrogens with zero attached hydrogens (tertiary/aromatic N) is 2. The number of halogens is 3. The van der Waals surface area contributed by atoms with E-state index >= 15 is 0 Å². The lowest BCUT2D eigenvalue weighted by atomic mass is 10.1. The molecule has 0 bridgehead atoms. The molecule has 0 unspecified atom stereocenters. The van der Waals surface area contributed by atoms with Gasteiger partial charge in [-0.3, -0.25) is 0 Å². The zero-order valence-corrected chi connectivity index (χ0v) is 10.6. The molecular weight excluding hydrogens is 274 g/mol. The first kappa shape index (κ1) is 12.8. The second kappa shape index (κ2) is 5.34. The molecule has 2 aromatic rings. The highest BCUT2D eigenvalue weighted by Crippen LogP contribution is 2.31. The zero-order chi connectivity index (χ0) is 13.1. The monoisotopic (exact) mass is 280 g/mol. The first-order valence-electron chi connectivity index (χ1n) is 5.09. The smallest absolute Gasteiger partial charge is 0.221 e. The topological polar surface area (TPSA) is 36.7 Å². The van der Waals surface area contributed by atoms with E-state index in [1.54, 1.807) is 30.3 Å². The Morgan fingerprint density at radius 1 is 1.17 bits per heavy atom. The first-order valence-corrected chi connectivity index (χ1v) is 5.85. The molecule has 90 valence electrons. The van der Waals surface area contributed by atoms with Crippen LogP contribution in [0.1, 0.15) is 5.69 Å². The van der Waals surface area contributed by atoms with Crippen LogP contribution < -0.4 is 0 Å². The summed E-state index contributed by atoms with van der Waals surface area (Å²) in [6.45, 7) is 0. The van der Waals surface area contributed by atoms with Crippen molar-refractivity contribution in [2.24, 2.45) is 0 Å². The second-order valence-corrected chi connectivity index (χ2v) is 4.44. The van der Waals surface area contributed by atoms with Gasteiger partial charge in [0, 0.05) is 16.1 Å². The van der Waals surface area contributed by atoms with Gasteiger partial charge in [-0.25, -0.2) is 4.98 Å². The molecule has 0 saturated carbocycles. The van der Waals surface area contributed by atoms with Gasteiger partial charge in [0.2, 0.25) is 5.95 Å². The van der Waals surface area contributed by atoms with E-state index in [9.17, 15) is 4.39 Å². The Balaban J connectivity index is 2.48. The first-order chi connectivity index (χ1) is 8.61. The molecule has 18 heavy (non-hydrogen) atoms. The van der Waals surface area contributed by atoms with Crippen molar-refractivity contribution in [1.82, 2.24) is 4.98 Å². The minimum absolute atomic E-state index is 0.0750. The summed E-state index contributed by atoms with van der Waals surface area (Å²) in [6.07, 6.45) is 0.0750. The van der Waals surface area contributed by atoms with Crippen LogP contribution in [0, 0.1) is 17.3 Å². The summed E-state index contributed by atoms with van der Waals surface area (Å²) >= 11 is 11.8. The maximum Gasteiger partial charge on any atom is 0.221 e. The maximum atomic E-state index is 13.8. The Morgan fingerprint density at radius 3 is 2.50 bits per heavy atom. The lowest BCUT2D eigenvalue weighted by Crippen LogP contribution is -1.95. The number of aromatic nitrogens is 1. The number of hydrogen-bond donors (Lipinski definition) is 0. The molecule has 1 aromatic heterocycles. The van der Waals surface area contributed by atoms with Crippen molar-refractivity contribution in [3.05, 3.63) is 52.0 Å². The number of nitriles is 1. The van der Waals surface area contributed by atoms with E-state index in [1.807, 2.05) is 6.07 Å². The van der Waals surface area contributed by atoms with Crippen molar-refractivity contribution in [2.75, 3.05) is 0 Å². The van der Waals surface area contributed by atoms with E-state index in [1.165, 1.54) is 0 Å². The van der Waals surface area contributed by atoms with Crippen LogP contribution >= 0.6 is 23.2 Å².